The van der Waals surface area contributed by atoms with Crippen LogP contribution in [0.1, 0.15) is 36.5 Å². The van der Waals surface area contributed by atoms with Crippen LogP contribution in [0.3, 0.4) is 0 Å². The topological polar surface area (TPSA) is 21.3 Å². The van der Waals surface area contributed by atoms with Crippen LogP contribution in [0.5, 0.6) is 5.75 Å². The van der Waals surface area contributed by atoms with E-state index in [1.54, 1.807) is 0 Å². The zero-order valence-electron chi connectivity index (χ0n) is 13.4. The molecule has 0 aliphatic heterocycles. The summed E-state index contributed by atoms with van der Waals surface area (Å²) in [5, 5.41) is 3.39. The van der Waals surface area contributed by atoms with Crippen molar-refractivity contribution in [1.29, 1.82) is 0 Å². The van der Waals surface area contributed by atoms with Crippen molar-refractivity contribution >= 4 is 5.69 Å². The van der Waals surface area contributed by atoms with Crippen molar-refractivity contribution < 1.29 is 4.74 Å². The maximum atomic E-state index is 5.92. The Kier molecular flexibility index (Phi) is 5.26. The third-order valence-corrected chi connectivity index (χ3v) is 3.59. The van der Waals surface area contributed by atoms with E-state index in [2.05, 4.69) is 75.5 Å². The second-order valence-corrected chi connectivity index (χ2v) is 5.82. The molecule has 2 heteroatoms. The van der Waals surface area contributed by atoms with Crippen LogP contribution in [0, 0.1) is 13.8 Å². The fourth-order valence-corrected chi connectivity index (χ4v) is 2.24. The van der Waals surface area contributed by atoms with Gasteiger partial charge in [-0.05, 0) is 54.7 Å². The highest BCUT2D eigenvalue weighted by molar-refractivity contribution is 5.45. The summed E-state index contributed by atoms with van der Waals surface area (Å²) < 4.78 is 5.92. The van der Waals surface area contributed by atoms with Gasteiger partial charge in [0.2, 0.25) is 0 Å². The molecular formula is C19H25NO. The zero-order valence-corrected chi connectivity index (χ0v) is 13.4. The Balaban J connectivity index is 1.87. The van der Waals surface area contributed by atoms with Gasteiger partial charge in [-0.25, -0.2) is 0 Å². The first-order valence-electron chi connectivity index (χ1n) is 7.60. The molecule has 0 atom stereocenters. The molecule has 0 unspecified atom stereocenters. The molecule has 2 rings (SSSR count). The smallest absolute Gasteiger partial charge is 0.122 e. The molecule has 1 N–H and O–H groups in total. The first kappa shape index (κ1) is 15.4. The lowest BCUT2D eigenvalue weighted by molar-refractivity contribution is 0.330. The van der Waals surface area contributed by atoms with Gasteiger partial charge in [0, 0.05) is 12.2 Å². The standard InChI is InChI=1S/C19H25NO/c1-14(2)17-9-8-16(4)19(13-17)21-11-10-20-18-7-5-6-15(3)12-18/h5-9,12-14,20H,10-11H2,1-4H3. The average Bonchev–Trinajstić information content (AvgIpc) is 2.45. The predicted octanol–water partition coefficient (Wildman–Crippen LogP) is 4.92. The summed E-state index contributed by atoms with van der Waals surface area (Å²) in [6, 6.07) is 14.9. The minimum absolute atomic E-state index is 0.526. The Morgan fingerprint density at radius 3 is 2.57 bits per heavy atom. The number of hydrogen-bond acceptors (Lipinski definition) is 2. The van der Waals surface area contributed by atoms with Gasteiger partial charge in [-0.2, -0.15) is 0 Å². The number of benzene rings is 2. The molecule has 21 heavy (non-hydrogen) atoms. The minimum atomic E-state index is 0.526. The van der Waals surface area contributed by atoms with Gasteiger partial charge in [0.1, 0.15) is 12.4 Å². The van der Waals surface area contributed by atoms with E-state index in [0.717, 1.165) is 18.0 Å². The number of anilines is 1. The van der Waals surface area contributed by atoms with E-state index in [4.69, 9.17) is 4.74 Å². The zero-order chi connectivity index (χ0) is 15.2. The molecule has 0 radical (unpaired) electrons. The van der Waals surface area contributed by atoms with Crippen molar-refractivity contribution in [3.63, 3.8) is 0 Å². The largest absolute Gasteiger partial charge is 0.491 e. The fourth-order valence-electron chi connectivity index (χ4n) is 2.24. The quantitative estimate of drug-likeness (QED) is 0.760. The summed E-state index contributed by atoms with van der Waals surface area (Å²) >= 11 is 0. The molecule has 0 heterocycles. The fraction of sp³-hybridized carbons (Fsp3) is 0.368. The number of nitrogens with one attached hydrogen (secondary N) is 1. The van der Waals surface area contributed by atoms with Gasteiger partial charge in [-0.15, -0.1) is 0 Å². The van der Waals surface area contributed by atoms with Crippen LogP contribution in [0.15, 0.2) is 42.5 Å². The van der Waals surface area contributed by atoms with E-state index < -0.39 is 0 Å². The van der Waals surface area contributed by atoms with Gasteiger partial charge in [-0.3, -0.25) is 0 Å². The second-order valence-electron chi connectivity index (χ2n) is 5.82. The average molecular weight is 283 g/mol. The third kappa shape index (κ3) is 4.52. The highest BCUT2D eigenvalue weighted by Crippen LogP contribution is 2.24. The van der Waals surface area contributed by atoms with Gasteiger partial charge >= 0.3 is 0 Å². The lowest BCUT2D eigenvalue weighted by Gasteiger charge is -2.13. The lowest BCUT2D eigenvalue weighted by Crippen LogP contribution is -2.12. The summed E-state index contributed by atoms with van der Waals surface area (Å²) in [5.41, 5.74) is 4.92. The van der Waals surface area contributed by atoms with Crippen molar-refractivity contribution in [2.45, 2.75) is 33.6 Å². The normalized spacial score (nSPS) is 10.7. The number of ether oxygens (including phenoxy) is 1. The molecular weight excluding hydrogens is 258 g/mol. The Labute approximate surface area is 128 Å². The van der Waals surface area contributed by atoms with Crippen molar-refractivity contribution in [2.75, 3.05) is 18.5 Å². The second kappa shape index (κ2) is 7.16. The molecule has 2 aromatic rings. The molecule has 0 saturated heterocycles. The van der Waals surface area contributed by atoms with Crippen LogP contribution in [0.4, 0.5) is 5.69 Å². The lowest BCUT2D eigenvalue weighted by atomic mass is 10.0. The summed E-state index contributed by atoms with van der Waals surface area (Å²) in [7, 11) is 0. The van der Waals surface area contributed by atoms with Crippen molar-refractivity contribution in [1.82, 2.24) is 0 Å². The van der Waals surface area contributed by atoms with E-state index in [1.165, 1.54) is 16.7 Å². The Hall–Kier alpha value is -1.96. The molecule has 0 saturated carbocycles. The number of rotatable bonds is 6. The van der Waals surface area contributed by atoms with E-state index in [-0.39, 0.29) is 0 Å². The van der Waals surface area contributed by atoms with Gasteiger partial charge in [0.15, 0.2) is 0 Å². The van der Waals surface area contributed by atoms with Crippen LogP contribution < -0.4 is 10.1 Å². The van der Waals surface area contributed by atoms with Gasteiger partial charge in [0.25, 0.3) is 0 Å². The molecule has 0 spiro atoms. The van der Waals surface area contributed by atoms with Crippen molar-refractivity contribution in [3.05, 3.63) is 59.2 Å². The van der Waals surface area contributed by atoms with Crippen LogP contribution in [-0.4, -0.2) is 13.2 Å². The molecule has 112 valence electrons. The monoisotopic (exact) mass is 283 g/mol. The third-order valence-electron chi connectivity index (χ3n) is 3.59. The van der Waals surface area contributed by atoms with Crippen LogP contribution in [0.25, 0.3) is 0 Å². The maximum Gasteiger partial charge on any atom is 0.122 e. The van der Waals surface area contributed by atoms with Gasteiger partial charge < -0.3 is 10.1 Å². The first-order valence-corrected chi connectivity index (χ1v) is 7.60. The highest BCUT2D eigenvalue weighted by atomic mass is 16.5. The SMILES string of the molecule is Cc1cccc(NCCOc2cc(C(C)C)ccc2C)c1. The van der Waals surface area contributed by atoms with Gasteiger partial charge in [-0.1, -0.05) is 38.1 Å². The summed E-state index contributed by atoms with van der Waals surface area (Å²) in [5.74, 6) is 1.52. The molecule has 2 aromatic carbocycles. The van der Waals surface area contributed by atoms with Crippen LogP contribution >= 0.6 is 0 Å². The summed E-state index contributed by atoms with van der Waals surface area (Å²) in [4.78, 5) is 0. The van der Waals surface area contributed by atoms with E-state index >= 15 is 0 Å². The highest BCUT2D eigenvalue weighted by Gasteiger charge is 2.04. The Bertz CT molecular complexity index is 590. The van der Waals surface area contributed by atoms with Crippen LogP contribution in [0.2, 0.25) is 0 Å². The number of hydrogen-bond donors (Lipinski definition) is 1. The first-order chi connectivity index (χ1) is 10.1. The minimum Gasteiger partial charge on any atom is -0.491 e. The molecule has 0 amide bonds. The van der Waals surface area contributed by atoms with E-state index in [0.29, 0.717) is 12.5 Å². The summed E-state index contributed by atoms with van der Waals surface area (Å²) in [6.07, 6.45) is 0. The predicted molar refractivity (Wildman–Crippen MR) is 90.4 cm³/mol. The van der Waals surface area contributed by atoms with Crippen molar-refractivity contribution in [3.8, 4) is 5.75 Å². The Morgan fingerprint density at radius 1 is 1.05 bits per heavy atom. The Morgan fingerprint density at radius 2 is 1.86 bits per heavy atom. The van der Waals surface area contributed by atoms with Crippen molar-refractivity contribution in [2.24, 2.45) is 0 Å². The molecule has 0 bridgehead atoms. The van der Waals surface area contributed by atoms with E-state index in [9.17, 15) is 0 Å². The van der Waals surface area contributed by atoms with Gasteiger partial charge in [0.05, 0.1) is 0 Å². The number of aryl methyl sites for hydroxylation is 2. The molecule has 0 aromatic heterocycles. The molecule has 0 fully saturated rings. The molecule has 0 aliphatic carbocycles. The molecule has 2 nitrogen and oxygen atoms in total. The maximum absolute atomic E-state index is 5.92. The summed E-state index contributed by atoms with van der Waals surface area (Å²) in [6.45, 7) is 10.1. The van der Waals surface area contributed by atoms with E-state index in [1.807, 2.05) is 0 Å². The molecule has 0 aliphatic rings. The van der Waals surface area contributed by atoms with Crippen LogP contribution in [-0.2, 0) is 0 Å².